The van der Waals surface area contributed by atoms with Crippen molar-refractivity contribution >= 4 is 33.6 Å². The van der Waals surface area contributed by atoms with Gasteiger partial charge in [-0.3, -0.25) is 4.79 Å². The fourth-order valence-corrected chi connectivity index (χ4v) is 1.76. The number of ether oxygens (including phenoxy) is 1. The number of carbonyl (C=O) groups is 2. The largest absolute Gasteiger partial charge is 0.480 e. The summed E-state index contributed by atoms with van der Waals surface area (Å²) in [6.45, 7) is 3.58. The molecule has 1 aromatic carbocycles. The van der Waals surface area contributed by atoms with Crippen LogP contribution < -0.4 is 5.32 Å². The number of aliphatic carboxylic acids is 1. The van der Waals surface area contributed by atoms with Gasteiger partial charge in [-0.1, -0.05) is 0 Å². The van der Waals surface area contributed by atoms with Crippen LogP contribution in [0.5, 0.6) is 0 Å². The Labute approximate surface area is 113 Å². The minimum atomic E-state index is -0.948. The third-order valence-electron chi connectivity index (χ3n) is 2.22. The smallest absolute Gasteiger partial charge is 0.338 e. The van der Waals surface area contributed by atoms with Gasteiger partial charge in [-0.15, -0.1) is 0 Å². The van der Waals surface area contributed by atoms with Crippen molar-refractivity contribution in [2.24, 2.45) is 0 Å². The summed E-state index contributed by atoms with van der Waals surface area (Å²) in [4.78, 5) is 22.2. The Morgan fingerprint density at radius 3 is 2.67 bits per heavy atom. The van der Waals surface area contributed by atoms with Crippen LogP contribution in [0.15, 0.2) is 22.7 Å². The first-order valence-electron chi connectivity index (χ1n) is 5.41. The number of nitrogens with one attached hydrogen (secondary N) is 1. The number of carbonyl (C=O) groups excluding carboxylic acids is 1. The van der Waals surface area contributed by atoms with E-state index in [0.717, 1.165) is 0 Å². The van der Waals surface area contributed by atoms with Crippen LogP contribution in [-0.2, 0) is 9.53 Å². The molecule has 1 aromatic rings. The van der Waals surface area contributed by atoms with E-state index in [0.29, 0.717) is 22.3 Å². The molecule has 0 bridgehead atoms. The highest BCUT2D eigenvalue weighted by Gasteiger charge is 2.13. The van der Waals surface area contributed by atoms with Crippen molar-refractivity contribution in [3.05, 3.63) is 28.2 Å². The number of hydrogen-bond acceptors (Lipinski definition) is 4. The standard InChI is InChI=1S/C12H14BrNO4/c1-3-18-12(17)8-4-5-10(9(13)6-8)14-7(2)11(15)16/h4-7,14H,3H2,1-2H3,(H,15,16). The van der Waals surface area contributed by atoms with Gasteiger partial charge in [-0.25, -0.2) is 4.79 Å². The second-order valence-corrected chi connectivity index (χ2v) is 4.47. The van der Waals surface area contributed by atoms with Gasteiger partial charge in [0, 0.05) is 10.2 Å². The predicted octanol–water partition coefficient (Wildman–Crippen LogP) is 2.51. The Hall–Kier alpha value is -1.56. The fraction of sp³-hybridized carbons (Fsp3) is 0.333. The molecule has 0 heterocycles. The molecule has 1 unspecified atom stereocenters. The van der Waals surface area contributed by atoms with Crippen LogP contribution in [0, 0.1) is 0 Å². The quantitative estimate of drug-likeness (QED) is 0.816. The maximum Gasteiger partial charge on any atom is 0.338 e. The van der Waals surface area contributed by atoms with Crippen LogP contribution >= 0.6 is 15.9 Å². The Balaban J connectivity index is 2.86. The number of benzene rings is 1. The second kappa shape index (κ2) is 6.39. The minimum absolute atomic E-state index is 0.312. The number of carboxylic acid groups (broad SMARTS) is 1. The Kier molecular flexibility index (Phi) is 5.15. The minimum Gasteiger partial charge on any atom is -0.480 e. The van der Waals surface area contributed by atoms with Gasteiger partial charge in [-0.2, -0.15) is 0 Å². The van der Waals surface area contributed by atoms with Crippen molar-refractivity contribution in [2.45, 2.75) is 19.9 Å². The number of anilines is 1. The average Bonchev–Trinajstić information content (AvgIpc) is 2.31. The van der Waals surface area contributed by atoms with Crippen molar-refractivity contribution in [2.75, 3.05) is 11.9 Å². The lowest BCUT2D eigenvalue weighted by Crippen LogP contribution is -2.25. The zero-order valence-corrected chi connectivity index (χ0v) is 11.7. The van der Waals surface area contributed by atoms with Crippen molar-refractivity contribution < 1.29 is 19.4 Å². The van der Waals surface area contributed by atoms with Crippen molar-refractivity contribution in [1.82, 2.24) is 0 Å². The topological polar surface area (TPSA) is 75.6 Å². The number of hydrogen-bond donors (Lipinski definition) is 2. The summed E-state index contributed by atoms with van der Waals surface area (Å²) in [6, 6.07) is 4.10. The summed E-state index contributed by atoms with van der Waals surface area (Å²) < 4.78 is 5.48. The van der Waals surface area contributed by atoms with Crippen molar-refractivity contribution in [3.8, 4) is 0 Å². The lowest BCUT2D eigenvalue weighted by molar-refractivity contribution is -0.137. The number of halogens is 1. The first kappa shape index (κ1) is 14.5. The van der Waals surface area contributed by atoms with E-state index >= 15 is 0 Å². The van der Waals surface area contributed by atoms with E-state index in [1.165, 1.54) is 6.92 Å². The number of rotatable bonds is 5. The Morgan fingerprint density at radius 2 is 2.17 bits per heavy atom. The van der Waals surface area contributed by atoms with Gasteiger partial charge in [0.1, 0.15) is 6.04 Å². The summed E-state index contributed by atoms with van der Waals surface area (Å²) in [5, 5.41) is 11.6. The highest BCUT2D eigenvalue weighted by Crippen LogP contribution is 2.24. The lowest BCUT2D eigenvalue weighted by Gasteiger charge is -2.13. The molecule has 0 aromatic heterocycles. The Morgan fingerprint density at radius 1 is 1.50 bits per heavy atom. The van der Waals surface area contributed by atoms with Gasteiger partial charge >= 0.3 is 11.9 Å². The van der Waals surface area contributed by atoms with Gasteiger partial charge in [0.15, 0.2) is 0 Å². The van der Waals surface area contributed by atoms with Crippen LogP contribution in [-0.4, -0.2) is 29.7 Å². The van der Waals surface area contributed by atoms with Gasteiger partial charge in [0.2, 0.25) is 0 Å². The van der Waals surface area contributed by atoms with Gasteiger partial charge < -0.3 is 15.2 Å². The first-order chi connectivity index (χ1) is 8.45. The molecule has 1 atom stereocenters. The SMILES string of the molecule is CCOC(=O)c1ccc(NC(C)C(=O)O)c(Br)c1. The fourth-order valence-electron chi connectivity index (χ4n) is 1.27. The van der Waals surface area contributed by atoms with Crippen LogP contribution in [0.25, 0.3) is 0 Å². The monoisotopic (exact) mass is 315 g/mol. The molecule has 0 aliphatic heterocycles. The highest BCUT2D eigenvalue weighted by atomic mass is 79.9. The van der Waals surface area contributed by atoms with E-state index in [2.05, 4.69) is 21.2 Å². The highest BCUT2D eigenvalue weighted by molar-refractivity contribution is 9.10. The lowest BCUT2D eigenvalue weighted by atomic mass is 10.2. The summed E-state index contributed by atoms with van der Waals surface area (Å²) >= 11 is 3.28. The Bertz CT molecular complexity index is 461. The third kappa shape index (κ3) is 3.73. The van der Waals surface area contributed by atoms with Gasteiger partial charge in [-0.05, 0) is 48.0 Å². The molecule has 0 radical (unpaired) electrons. The molecular weight excluding hydrogens is 302 g/mol. The average molecular weight is 316 g/mol. The van der Waals surface area contributed by atoms with E-state index in [9.17, 15) is 9.59 Å². The molecule has 0 saturated carbocycles. The first-order valence-corrected chi connectivity index (χ1v) is 6.21. The zero-order valence-electron chi connectivity index (χ0n) is 10.1. The van der Waals surface area contributed by atoms with Crippen LogP contribution in [0.2, 0.25) is 0 Å². The molecule has 0 fully saturated rings. The molecule has 0 aliphatic carbocycles. The molecular formula is C12H14BrNO4. The number of carboxylic acids is 1. The van der Waals surface area contributed by atoms with Crippen molar-refractivity contribution in [1.29, 1.82) is 0 Å². The van der Waals surface area contributed by atoms with Crippen LogP contribution in [0.1, 0.15) is 24.2 Å². The second-order valence-electron chi connectivity index (χ2n) is 3.62. The third-order valence-corrected chi connectivity index (χ3v) is 2.88. The van der Waals surface area contributed by atoms with Crippen LogP contribution in [0.3, 0.4) is 0 Å². The molecule has 6 heteroatoms. The molecule has 0 amide bonds. The maximum absolute atomic E-state index is 11.5. The summed E-state index contributed by atoms with van der Waals surface area (Å²) in [6.07, 6.45) is 0. The molecule has 0 spiro atoms. The summed E-state index contributed by atoms with van der Waals surface area (Å²) in [5.74, 6) is -1.35. The van der Waals surface area contributed by atoms with E-state index in [1.807, 2.05) is 0 Å². The van der Waals surface area contributed by atoms with E-state index in [4.69, 9.17) is 9.84 Å². The normalized spacial score (nSPS) is 11.7. The molecule has 1 rings (SSSR count). The van der Waals surface area contributed by atoms with Gasteiger partial charge in [0.25, 0.3) is 0 Å². The van der Waals surface area contributed by atoms with E-state index in [-0.39, 0.29) is 0 Å². The summed E-state index contributed by atoms with van der Waals surface area (Å²) in [7, 11) is 0. The van der Waals surface area contributed by atoms with Crippen LogP contribution in [0.4, 0.5) is 5.69 Å². The maximum atomic E-state index is 11.5. The molecule has 18 heavy (non-hydrogen) atoms. The van der Waals surface area contributed by atoms with E-state index < -0.39 is 18.0 Å². The predicted molar refractivity (Wildman–Crippen MR) is 70.8 cm³/mol. The van der Waals surface area contributed by atoms with Crippen molar-refractivity contribution in [3.63, 3.8) is 0 Å². The molecule has 0 aliphatic rings. The molecule has 2 N–H and O–H groups in total. The van der Waals surface area contributed by atoms with Gasteiger partial charge in [0.05, 0.1) is 12.2 Å². The molecule has 0 saturated heterocycles. The molecule has 5 nitrogen and oxygen atoms in total. The molecule has 98 valence electrons. The zero-order chi connectivity index (χ0) is 13.7. The van der Waals surface area contributed by atoms with E-state index in [1.54, 1.807) is 25.1 Å². The summed E-state index contributed by atoms with van der Waals surface area (Å²) in [5.41, 5.74) is 1.02. The number of esters is 1.